The van der Waals surface area contributed by atoms with Crippen molar-refractivity contribution >= 4 is 12.1 Å². The minimum absolute atomic E-state index is 0.00492. The van der Waals surface area contributed by atoms with Crippen LogP contribution in [0.4, 0.5) is 0 Å². The molecule has 1 amide bonds. The van der Waals surface area contributed by atoms with Crippen LogP contribution in [0.2, 0.25) is 0 Å². The number of benzene rings is 1. The number of nitrogens with zero attached hydrogens (tertiary/aromatic N) is 2. The highest BCUT2D eigenvalue weighted by Crippen LogP contribution is 2.16. The van der Waals surface area contributed by atoms with E-state index >= 15 is 0 Å². The van der Waals surface area contributed by atoms with E-state index in [0.29, 0.717) is 18.3 Å². The number of carbonyl (C=O) groups excluding carboxylic acids is 1. The number of hydrogen-bond acceptors (Lipinski definition) is 6. The molecular weight excluding hydrogens is 338 g/mol. The minimum atomic E-state index is -0.689. The molecule has 1 heterocycles. The summed E-state index contributed by atoms with van der Waals surface area (Å²) in [5.41, 5.74) is 1.91. The molecule has 0 radical (unpaired) electrons. The number of aromatic nitrogens is 3. The summed E-state index contributed by atoms with van der Waals surface area (Å²) in [5, 5.41) is 9.64. The number of aryl methyl sites for hydroxylation is 1. The van der Waals surface area contributed by atoms with Crippen molar-refractivity contribution in [3.63, 3.8) is 0 Å². The first-order valence-electron chi connectivity index (χ1n) is 8.17. The van der Waals surface area contributed by atoms with Gasteiger partial charge in [0.2, 0.25) is 5.91 Å². The average molecular weight is 359 g/mol. The van der Waals surface area contributed by atoms with Gasteiger partial charge < -0.3 is 4.74 Å². The number of ether oxygens (including phenoxy) is 1. The van der Waals surface area contributed by atoms with Crippen LogP contribution in [0.1, 0.15) is 31.5 Å². The van der Waals surface area contributed by atoms with Crippen molar-refractivity contribution in [1.82, 2.24) is 20.6 Å². The molecule has 0 aliphatic rings. The zero-order chi connectivity index (χ0) is 18.9. The molecule has 0 saturated heterocycles. The predicted molar refractivity (Wildman–Crippen MR) is 96.3 cm³/mol. The molecule has 0 spiro atoms. The summed E-state index contributed by atoms with van der Waals surface area (Å²) in [6.07, 6.45) is 1.59. The second-order valence-electron chi connectivity index (χ2n) is 5.99. The van der Waals surface area contributed by atoms with Gasteiger partial charge in [-0.25, -0.2) is 15.3 Å². The van der Waals surface area contributed by atoms with Crippen molar-refractivity contribution < 1.29 is 9.53 Å². The minimum Gasteiger partial charge on any atom is -0.493 e. The predicted octanol–water partition coefficient (Wildman–Crippen LogP) is 0.576. The molecule has 3 N–H and O–H groups in total. The van der Waals surface area contributed by atoms with E-state index in [4.69, 9.17) is 4.74 Å². The van der Waals surface area contributed by atoms with E-state index in [-0.39, 0.29) is 24.4 Å². The number of para-hydroxylation sites is 1. The Morgan fingerprint density at radius 2 is 2.12 bits per heavy atom. The molecule has 0 atom stereocenters. The van der Waals surface area contributed by atoms with Crippen LogP contribution >= 0.6 is 0 Å². The fraction of sp³-hybridized carbons (Fsp3) is 0.353. The fourth-order valence-electron chi connectivity index (χ4n) is 1.98. The van der Waals surface area contributed by atoms with Crippen LogP contribution in [0, 0.1) is 5.92 Å². The summed E-state index contributed by atoms with van der Waals surface area (Å²) in [6.45, 7) is 4.69. The maximum Gasteiger partial charge on any atom is 0.342 e. The van der Waals surface area contributed by atoms with Crippen LogP contribution < -0.4 is 21.4 Å². The van der Waals surface area contributed by atoms with Gasteiger partial charge in [0, 0.05) is 18.4 Å². The van der Waals surface area contributed by atoms with E-state index in [1.165, 1.54) is 6.21 Å². The summed E-state index contributed by atoms with van der Waals surface area (Å²) < 4.78 is 5.70. The van der Waals surface area contributed by atoms with Crippen LogP contribution in [0.15, 0.2) is 39.0 Å². The monoisotopic (exact) mass is 359 g/mol. The lowest BCUT2D eigenvalue weighted by Gasteiger charge is -2.10. The van der Waals surface area contributed by atoms with Gasteiger partial charge in [-0.2, -0.15) is 10.2 Å². The third kappa shape index (κ3) is 6.00. The highest BCUT2D eigenvalue weighted by molar-refractivity contribution is 5.85. The lowest BCUT2D eigenvalue weighted by Crippen LogP contribution is -2.28. The van der Waals surface area contributed by atoms with Crippen LogP contribution in [0.25, 0.3) is 0 Å². The lowest BCUT2D eigenvalue weighted by molar-refractivity contribution is -0.121. The van der Waals surface area contributed by atoms with Crippen LogP contribution in [-0.4, -0.2) is 33.9 Å². The second-order valence-corrected chi connectivity index (χ2v) is 5.99. The third-order valence-corrected chi connectivity index (χ3v) is 3.25. The van der Waals surface area contributed by atoms with Gasteiger partial charge in [0.15, 0.2) is 0 Å². The van der Waals surface area contributed by atoms with E-state index in [1.807, 2.05) is 29.2 Å². The summed E-state index contributed by atoms with van der Waals surface area (Å²) in [7, 11) is 0. The van der Waals surface area contributed by atoms with Gasteiger partial charge in [-0.05, 0) is 18.1 Å². The zero-order valence-electron chi connectivity index (χ0n) is 14.6. The van der Waals surface area contributed by atoms with E-state index in [1.54, 1.807) is 0 Å². The maximum atomic E-state index is 11.8. The van der Waals surface area contributed by atoms with Gasteiger partial charge in [0.05, 0.1) is 12.8 Å². The molecule has 0 fully saturated rings. The maximum absolute atomic E-state index is 11.8. The van der Waals surface area contributed by atoms with Gasteiger partial charge >= 0.3 is 5.69 Å². The molecule has 9 nitrogen and oxygen atoms in total. The smallest absolute Gasteiger partial charge is 0.342 e. The first-order chi connectivity index (χ1) is 12.5. The second kappa shape index (κ2) is 9.30. The highest BCUT2D eigenvalue weighted by Gasteiger charge is 2.07. The Hall–Kier alpha value is -3.23. The Bertz CT molecular complexity index is 885. The van der Waals surface area contributed by atoms with Crippen molar-refractivity contribution in [2.45, 2.75) is 26.7 Å². The van der Waals surface area contributed by atoms with Gasteiger partial charge in [-0.15, -0.1) is 0 Å². The Morgan fingerprint density at radius 1 is 1.35 bits per heavy atom. The molecule has 26 heavy (non-hydrogen) atoms. The van der Waals surface area contributed by atoms with Crippen molar-refractivity contribution in [2.75, 3.05) is 6.61 Å². The van der Waals surface area contributed by atoms with Gasteiger partial charge in [0.25, 0.3) is 5.56 Å². The molecule has 0 bridgehead atoms. The number of rotatable bonds is 8. The van der Waals surface area contributed by atoms with E-state index in [9.17, 15) is 14.4 Å². The molecule has 9 heteroatoms. The van der Waals surface area contributed by atoms with Gasteiger partial charge in [-0.1, -0.05) is 26.0 Å². The third-order valence-electron chi connectivity index (χ3n) is 3.25. The number of carbonyl (C=O) groups is 1. The number of H-pyrrole nitrogens is 2. The van der Waals surface area contributed by atoms with E-state index in [2.05, 4.69) is 34.6 Å². The van der Waals surface area contributed by atoms with Crippen molar-refractivity contribution in [3.05, 3.63) is 56.4 Å². The van der Waals surface area contributed by atoms with E-state index < -0.39 is 11.2 Å². The largest absolute Gasteiger partial charge is 0.493 e. The molecule has 0 unspecified atom stereocenters. The van der Waals surface area contributed by atoms with Crippen LogP contribution in [0.3, 0.4) is 0 Å². The zero-order valence-corrected chi connectivity index (χ0v) is 14.6. The average Bonchev–Trinajstić information content (AvgIpc) is 2.60. The summed E-state index contributed by atoms with van der Waals surface area (Å²) in [5.74, 6) is 0.696. The normalized spacial score (nSPS) is 11.0. The van der Waals surface area contributed by atoms with Gasteiger partial charge in [0.1, 0.15) is 11.4 Å². The molecule has 0 aliphatic heterocycles. The SMILES string of the molecule is CC(C)COc1ccccc1/C=N/NC(=O)CCc1n[nH]c(=O)[nH]c1=O. The Morgan fingerprint density at radius 3 is 2.85 bits per heavy atom. The Labute approximate surface area is 149 Å². The first kappa shape index (κ1) is 19.1. The van der Waals surface area contributed by atoms with Crippen molar-refractivity contribution in [2.24, 2.45) is 11.0 Å². The van der Waals surface area contributed by atoms with Gasteiger partial charge in [-0.3, -0.25) is 14.6 Å². The summed E-state index contributed by atoms with van der Waals surface area (Å²) >= 11 is 0. The number of nitrogens with one attached hydrogen (secondary N) is 3. The summed E-state index contributed by atoms with van der Waals surface area (Å²) in [4.78, 5) is 36.2. The fourth-order valence-corrected chi connectivity index (χ4v) is 1.98. The first-order valence-corrected chi connectivity index (χ1v) is 8.17. The molecule has 138 valence electrons. The van der Waals surface area contributed by atoms with Crippen LogP contribution in [0.5, 0.6) is 5.75 Å². The van der Waals surface area contributed by atoms with Crippen LogP contribution in [-0.2, 0) is 11.2 Å². The number of hydrogen-bond donors (Lipinski definition) is 3. The quantitative estimate of drug-likeness (QED) is 0.469. The molecule has 2 rings (SSSR count). The number of hydrazone groups is 1. The molecule has 2 aromatic rings. The lowest BCUT2D eigenvalue weighted by atomic mass is 10.2. The highest BCUT2D eigenvalue weighted by atomic mass is 16.5. The number of amides is 1. The molecular formula is C17H21N5O4. The standard InChI is InChI=1S/C17H21N5O4/c1-11(2)10-26-14-6-4-3-5-12(14)9-18-21-15(23)8-7-13-16(24)19-17(25)22-20-13/h3-6,9,11H,7-8,10H2,1-2H3,(H,21,23)(H2,19,22,24,25)/b18-9+. The molecule has 1 aromatic carbocycles. The number of aromatic amines is 2. The molecule has 0 aliphatic carbocycles. The molecule has 0 saturated carbocycles. The Balaban J connectivity index is 1.89. The molecule has 1 aromatic heterocycles. The Kier molecular flexibility index (Phi) is 6.84. The van der Waals surface area contributed by atoms with Crippen molar-refractivity contribution in [1.29, 1.82) is 0 Å². The van der Waals surface area contributed by atoms with E-state index in [0.717, 1.165) is 5.56 Å². The topological polar surface area (TPSA) is 129 Å². The summed E-state index contributed by atoms with van der Waals surface area (Å²) in [6, 6.07) is 7.37. The van der Waals surface area contributed by atoms with Crippen molar-refractivity contribution in [3.8, 4) is 5.75 Å².